The third-order valence-electron chi connectivity index (χ3n) is 12.1. The zero-order chi connectivity index (χ0) is 30.7. The van der Waals surface area contributed by atoms with Gasteiger partial charge in [0.1, 0.15) is 11.2 Å². The molecular weight excluding hydrogens is 574 g/mol. The fraction of sp³-hybridized carbons (Fsp3) is 0.233. The van der Waals surface area contributed by atoms with Gasteiger partial charge in [-0.1, -0.05) is 97.1 Å². The zero-order valence-corrected chi connectivity index (χ0v) is 26.1. The Bertz CT molecular complexity index is 2360. The molecule has 5 aliphatic rings. The molecule has 2 heterocycles. The molecule has 0 unspecified atom stereocenters. The number of benzene rings is 5. The van der Waals surface area contributed by atoms with Crippen molar-refractivity contribution in [2.45, 2.75) is 37.5 Å². The molecule has 4 fully saturated rings. The van der Waals surface area contributed by atoms with E-state index >= 15 is 0 Å². The summed E-state index contributed by atoms with van der Waals surface area (Å²) in [5.74, 6) is 5.31. The number of rotatable bonds is 3. The molecule has 2 aromatic heterocycles. The van der Waals surface area contributed by atoms with Crippen LogP contribution < -0.4 is 0 Å². The Labute approximate surface area is 273 Å². The van der Waals surface area contributed by atoms with Crippen molar-refractivity contribution in [1.29, 1.82) is 0 Å². The molecule has 0 radical (unpaired) electrons. The fourth-order valence-electron chi connectivity index (χ4n) is 10.6. The number of hydrogen-bond donors (Lipinski definition) is 0. The van der Waals surface area contributed by atoms with Gasteiger partial charge in [-0.05, 0) is 96.2 Å². The van der Waals surface area contributed by atoms with Crippen molar-refractivity contribution in [2.24, 2.45) is 23.7 Å². The normalized spacial score (nSPS) is 25.1. The van der Waals surface area contributed by atoms with Crippen molar-refractivity contribution in [3.8, 4) is 45.3 Å². The highest BCUT2D eigenvalue weighted by Gasteiger charge is 2.61. The second-order valence-electron chi connectivity index (χ2n) is 14.4. The van der Waals surface area contributed by atoms with Crippen molar-refractivity contribution in [3.05, 3.63) is 126 Å². The summed E-state index contributed by atoms with van der Waals surface area (Å²) in [6.45, 7) is 0. The van der Waals surface area contributed by atoms with Gasteiger partial charge in [0.25, 0.3) is 0 Å². The van der Waals surface area contributed by atoms with Crippen molar-refractivity contribution in [1.82, 2.24) is 15.0 Å². The van der Waals surface area contributed by atoms with Gasteiger partial charge < -0.3 is 4.42 Å². The van der Waals surface area contributed by atoms with Crippen LogP contribution in [0, 0.1) is 23.7 Å². The molecule has 5 aromatic carbocycles. The first-order chi connectivity index (χ1) is 23.2. The number of aromatic nitrogens is 3. The molecule has 1 spiro atoms. The van der Waals surface area contributed by atoms with Crippen LogP contribution in [0.15, 0.2) is 120 Å². The van der Waals surface area contributed by atoms with E-state index in [1.807, 2.05) is 30.3 Å². The maximum absolute atomic E-state index is 6.44. The van der Waals surface area contributed by atoms with Crippen LogP contribution in [0.25, 0.3) is 67.2 Å². The van der Waals surface area contributed by atoms with Crippen LogP contribution in [0.2, 0.25) is 0 Å². The van der Waals surface area contributed by atoms with E-state index in [4.69, 9.17) is 19.4 Å². The zero-order valence-electron chi connectivity index (χ0n) is 26.1. The van der Waals surface area contributed by atoms with Gasteiger partial charge in [-0.3, -0.25) is 0 Å². The second-order valence-corrected chi connectivity index (χ2v) is 14.4. The van der Waals surface area contributed by atoms with Crippen molar-refractivity contribution in [2.75, 3.05) is 0 Å². The lowest BCUT2D eigenvalue weighted by atomic mass is 9.43. The van der Waals surface area contributed by atoms with Crippen molar-refractivity contribution in [3.63, 3.8) is 0 Å². The number of furan rings is 1. The van der Waals surface area contributed by atoms with E-state index in [2.05, 4.69) is 84.9 Å². The molecule has 0 aliphatic heterocycles. The molecule has 0 atom stereocenters. The van der Waals surface area contributed by atoms with E-state index in [1.54, 1.807) is 11.1 Å². The second kappa shape index (κ2) is 9.48. The molecule has 12 rings (SSSR count). The molecule has 0 amide bonds. The SMILES string of the molecule is c1ccc(-c2nc(-c3ccc4c(c3)-c3ccccc3C43C4CC5CC(C4)CC3C5)nc(-c3cccc4c3oc3ccccc34)n2)cc1. The van der Waals surface area contributed by atoms with Gasteiger partial charge in [0.2, 0.25) is 0 Å². The third kappa shape index (κ3) is 3.56. The predicted molar refractivity (Wildman–Crippen MR) is 187 cm³/mol. The summed E-state index contributed by atoms with van der Waals surface area (Å²) in [6.07, 6.45) is 6.99. The minimum Gasteiger partial charge on any atom is -0.455 e. The lowest BCUT2D eigenvalue weighted by Crippen LogP contribution is -2.55. The number of nitrogens with zero attached hydrogens (tertiary/aromatic N) is 3. The highest BCUT2D eigenvalue weighted by molar-refractivity contribution is 6.09. The Morgan fingerprint density at radius 3 is 1.96 bits per heavy atom. The first-order valence-electron chi connectivity index (χ1n) is 17.2. The summed E-state index contributed by atoms with van der Waals surface area (Å²) in [4.78, 5) is 15.4. The topological polar surface area (TPSA) is 51.8 Å². The summed E-state index contributed by atoms with van der Waals surface area (Å²) < 4.78 is 6.44. The van der Waals surface area contributed by atoms with Crippen molar-refractivity contribution < 1.29 is 4.42 Å². The lowest BCUT2D eigenvalue weighted by Gasteiger charge is -2.61. The smallest absolute Gasteiger partial charge is 0.167 e. The van der Waals surface area contributed by atoms with Gasteiger partial charge in [0.05, 0.1) is 5.56 Å². The first kappa shape index (κ1) is 26.0. The lowest BCUT2D eigenvalue weighted by molar-refractivity contribution is -0.0399. The van der Waals surface area contributed by atoms with Gasteiger partial charge in [-0.15, -0.1) is 0 Å². The van der Waals surface area contributed by atoms with Crippen molar-refractivity contribution >= 4 is 21.9 Å². The average molecular weight is 608 g/mol. The van der Waals surface area contributed by atoms with Crippen LogP contribution in [0.5, 0.6) is 0 Å². The van der Waals surface area contributed by atoms with Gasteiger partial charge in [-0.2, -0.15) is 0 Å². The number of para-hydroxylation sites is 2. The molecule has 4 bridgehead atoms. The summed E-state index contributed by atoms with van der Waals surface area (Å²) in [5.41, 5.74) is 10.6. The van der Waals surface area contributed by atoms with E-state index in [0.29, 0.717) is 17.5 Å². The minimum absolute atomic E-state index is 0.147. The average Bonchev–Trinajstić information content (AvgIpc) is 3.64. The highest BCUT2D eigenvalue weighted by atomic mass is 16.3. The highest BCUT2D eigenvalue weighted by Crippen LogP contribution is 2.69. The fourth-order valence-corrected chi connectivity index (χ4v) is 10.6. The molecular formula is C43H33N3O. The summed E-state index contributed by atoms with van der Waals surface area (Å²) in [6, 6.07) is 41.1. The van der Waals surface area contributed by atoms with E-state index in [-0.39, 0.29) is 5.41 Å². The maximum atomic E-state index is 6.44. The Morgan fingerprint density at radius 2 is 1.13 bits per heavy atom. The van der Waals surface area contributed by atoms with Gasteiger partial charge in [0, 0.05) is 27.3 Å². The quantitative estimate of drug-likeness (QED) is 0.201. The molecule has 7 aromatic rings. The van der Waals surface area contributed by atoms with Crippen LogP contribution in [-0.4, -0.2) is 15.0 Å². The van der Waals surface area contributed by atoms with E-state index in [0.717, 1.165) is 62.3 Å². The molecule has 47 heavy (non-hydrogen) atoms. The number of fused-ring (bicyclic) bond motifs is 6. The Hall–Kier alpha value is -5.09. The Balaban J connectivity index is 1.12. The monoisotopic (exact) mass is 607 g/mol. The summed E-state index contributed by atoms with van der Waals surface area (Å²) in [7, 11) is 0. The first-order valence-corrected chi connectivity index (χ1v) is 17.2. The van der Waals surface area contributed by atoms with Gasteiger partial charge in [0.15, 0.2) is 17.5 Å². The molecule has 0 N–H and O–H groups in total. The summed E-state index contributed by atoms with van der Waals surface area (Å²) in [5, 5.41) is 2.16. The summed E-state index contributed by atoms with van der Waals surface area (Å²) >= 11 is 0. The molecule has 226 valence electrons. The minimum atomic E-state index is 0.147. The van der Waals surface area contributed by atoms with E-state index in [9.17, 15) is 0 Å². The molecule has 5 aliphatic carbocycles. The van der Waals surface area contributed by atoms with E-state index in [1.165, 1.54) is 43.2 Å². The number of hydrogen-bond acceptors (Lipinski definition) is 4. The maximum Gasteiger partial charge on any atom is 0.167 e. The van der Waals surface area contributed by atoms with Crippen LogP contribution in [0.3, 0.4) is 0 Å². The predicted octanol–water partition coefficient (Wildman–Crippen LogP) is 10.5. The molecule has 4 heteroatoms. The van der Waals surface area contributed by atoms with Gasteiger partial charge >= 0.3 is 0 Å². The molecule has 4 nitrogen and oxygen atoms in total. The van der Waals surface area contributed by atoms with Crippen LogP contribution in [0.4, 0.5) is 0 Å². The van der Waals surface area contributed by atoms with Crippen LogP contribution in [0.1, 0.15) is 43.2 Å². The third-order valence-corrected chi connectivity index (χ3v) is 12.1. The van der Waals surface area contributed by atoms with Gasteiger partial charge in [-0.25, -0.2) is 15.0 Å². The van der Waals surface area contributed by atoms with Crippen LogP contribution >= 0.6 is 0 Å². The Morgan fingerprint density at radius 1 is 0.489 bits per heavy atom. The molecule has 0 saturated heterocycles. The standard InChI is InChI=1S/C43H33N3O/c1-2-9-27(10-3-1)40-44-41(46-42(45-40)34-14-8-13-33-32-12-5-7-16-38(32)47-39(33)34)28-17-18-37-35(24-28)31-11-4-6-15-36(31)43(37)29-20-25-19-26(22-29)23-30(43)21-25/h1-18,24-26,29-30H,19-23H2. The Kier molecular flexibility index (Phi) is 5.25. The van der Waals surface area contributed by atoms with E-state index < -0.39 is 0 Å². The molecule has 4 saturated carbocycles. The largest absolute Gasteiger partial charge is 0.455 e. The van der Waals surface area contributed by atoms with Crippen LogP contribution in [-0.2, 0) is 5.41 Å².